The van der Waals surface area contributed by atoms with Crippen molar-refractivity contribution >= 4 is 74.5 Å². The second-order valence-corrected chi connectivity index (χ2v) is 23.3. The molecule has 0 spiro atoms. The predicted molar refractivity (Wildman–Crippen MR) is 283 cm³/mol. The lowest BCUT2D eigenvalue weighted by atomic mass is 9.99. The summed E-state index contributed by atoms with van der Waals surface area (Å²) in [5.41, 5.74) is 5.16. The Hall–Kier alpha value is -5.35. The summed E-state index contributed by atoms with van der Waals surface area (Å²) in [6.45, 7) is 10.7. The lowest BCUT2D eigenvalue weighted by Crippen LogP contribution is -2.46. The van der Waals surface area contributed by atoms with E-state index in [-0.39, 0.29) is 34.6 Å². The van der Waals surface area contributed by atoms with Crippen LogP contribution in [-0.2, 0) is 18.9 Å². The zero-order chi connectivity index (χ0) is 49.6. The lowest BCUT2D eigenvalue weighted by Gasteiger charge is -2.37. The van der Waals surface area contributed by atoms with Crippen LogP contribution >= 0.6 is 30.9 Å². The molecule has 6 aromatic rings. The molecule has 0 aliphatic carbocycles. The topological polar surface area (TPSA) is 142 Å². The number of aromatic nitrogens is 1. The van der Waals surface area contributed by atoms with Crippen molar-refractivity contribution in [2.24, 2.45) is 0 Å². The van der Waals surface area contributed by atoms with Gasteiger partial charge in [-0.15, -0.1) is 11.8 Å². The highest BCUT2D eigenvalue weighted by Crippen LogP contribution is 2.48. The molecular formula is C51H60ClFN7O6PS2. The van der Waals surface area contributed by atoms with Gasteiger partial charge in [0.25, 0.3) is 5.69 Å². The van der Waals surface area contributed by atoms with Crippen LogP contribution in [0.4, 0.5) is 32.8 Å². The van der Waals surface area contributed by atoms with Crippen molar-refractivity contribution in [3.63, 3.8) is 0 Å². The summed E-state index contributed by atoms with van der Waals surface area (Å²) in [5, 5.41) is 19.7. The number of nitrogens with zero attached hydrogens (tertiary/aromatic N) is 5. The third kappa shape index (κ3) is 12.3. The molecule has 5 aromatic carbocycles. The number of nitro benzene ring substituents is 1. The highest BCUT2D eigenvalue weighted by molar-refractivity contribution is 7.99. The van der Waals surface area contributed by atoms with Crippen LogP contribution in [0.25, 0.3) is 22.4 Å². The van der Waals surface area contributed by atoms with Crippen LogP contribution in [0, 0.1) is 22.9 Å². The molecule has 1 saturated heterocycles. The molecule has 69 heavy (non-hydrogen) atoms. The third-order valence-electron chi connectivity index (χ3n) is 12.0. The normalized spacial score (nSPS) is 14.5. The maximum Gasteiger partial charge on any atom is 0.324 e. The van der Waals surface area contributed by atoms with Crippen molar-refractivity contribution in [1.29, 1.82) is 0 Å². The molecule has 1 aromatic heterocycles. The molecule has 13 nitrogen and oxygen atoms in total. The van der Waals surface area contributed by atoms with Crippen LogP contribution < -0.4 is 25.5 Å². The first-order chi connectivity index (χ1) is 32.8. The second kappa shape index (κ2) is 22.2. The Morgan fingerprint density at radius 1 is 0.899 bits per heavy atom. The van der Waals surface area contributed by atoms with E-state index in [2.05, 4.69) is 25.1 Å². The number of nitrogens with one attached hydrogen (secondary N) is 2. The summed E-state index contributed by atoms with van der Waals surface area (Å²) in [6, 6.07) is 33.8. The van der Waals surface area contributed by atoms with E-state index in [0.717, 1.165) is 29.1 Å². The molecule has 0 amide bonds. The maximum atomic E-state index is 15.8. The average molecular weight is 1020 g/mol. The van der Waals surface area contributed by atoms with Crippen molar-refractivity contribution in [2.45, 2.75) is 56.0 Å². The van der Waals surface area contributed by atoms with E-state index in [1.165, 1.54) is 24.5 Å². The lowest BCUT2D eigenvalue weighted by molar-refractivity contribution is -0.383. The number of halogens is 2. The maximum absolute atomic E-state index is 15.8. The minimum Gasteiger partial charge on any atom is -0.376 e. The van der Waals surface area contributed by atoms with Crippen LogP contribution in [0.2, 0.25) is 5.02 Å². The van der Waals surface area contributed by atoms with Crippen LogP contribution in [0.5, 0.6) is 0 Å². The molecule has 2 heterocycles. The highest BCUT2D eigenvalue weighted by Gasteiger charge is 2.32. The molecule has 18 heteroatoms. The van der Waals surface area contributed by atoms with Crippen LogP contribution in [0.3, 0.4) is 0 Å². The molecule has 1 aliphatic rings. The first-order valence-corrected chi connectivity index (χ1v) is 27.8. The van der Waals surface area contributed by atoms with Crippen molar-refractivity contribution in [3.05, 3.63) is 142 Å². The van der Waals surface area contributed by atoms with E-state index in [9.17, 15) is 23.1 Å². The van der Waals surface area contributed by atoms with Gasteiger partial charge in [0, 0.05) is 94.6 Å². The molecule has 1 aliphatic heterocycles. The Kier molecular flexibility index (Phi) is 16.5. The van der Waals surface area contributed by atoms with Crippen molar-refractivity contribution < 1.29 is 26.8 Å². The number of benzene rings is 5. The molecule has 0 saturated carbocycles. The fourth-order valence-electron chi connectivity index (χ4n) is 8.86. The van der Waals surface area contributed by atoms with Crippen LogP contribution in [0.1, 0.15) is 38.9 Å². The first-order valence-electron chi connectivity index (χ1n) is 22.9. The number of sulfone groups is 1. The molecule has 2 atom stereocenters. The number of rotatable bonds is 20. The number of hydrogen-bond acceptors (Lipinski definition) is 11. The van der Waals surface area contributed by atoms with E-state index in [0.29, 0.717) is 76.5 Å². The summed E-state index contributed by atoms with van der Waals surface area (Å²) in [7, 11) is -3.61. The fourth-order valence-corrected chi connectivity index (χ4v) is 13.0. The van der Waals surface area contributed by atoms with Gasteiger partial charge in [0.15, 0.2) is 9.84 Å². The Morgan fingerprint density at radius 3 is 2.14 bits per heavy atom. The quantitative estimate of drug-likeness (QED) is 0.0325. The van der Waals surface area contributed by atoms with Gasteiger partial charge in [0.1, 0.15) is 11.5 Å². The van der Waals surface area contributed by atoms with Crippen molar-refractivity contribution in [3.8, 4) is 22.4 Å². The van der Waals surface area contributed by atoms with Gasteiger partial charge < -0.3 is 34.2 Å². The van der Waals surface area contributed by atoms with E-state index < -0.39 is 28.1 Å². The summed E-state index contributed by atoms with van der Waals surface area (Å²) in [5.74, 6) is 0.209. The summed E-state index contributed by atoms with van der Waals surface area (Å²) >= 11 is 7.94. The number of thioether (sulfide) groups is 1. The molecule has 1 fully saturated rings. The molecule has 0 radical (unpaired) electrons. The summed E-state index contributed by atoms with van der Waals surface area (Å²) in [4.78, 5) is 19.7. The van der Waals surface area contributed by atoms with Crippen LogP contribution in [-0.4, -0.2) is 94.3 Å². The molecule has 2 N–H and O–H groups in total. The van der Waals surface area contributed by atoms with E-state index in [1.807, 2.05) is 93.2 Å². The highest BCUT2D eigenvalue weighted by atomic mass is 35.5. The SMILES string of the molecule is CCOP(=O)(Nc1ccc(N2CCN(c3cc(F)cc(-c4c(S(C)(=O)=O)c(C)n(C(C)C)c4-c4ccc(Cl)cc4)c3)CC2)cc1)c1ccc(N[C@H](CCN(C)C)CSc2ccccc2)c([N+](=O)[O-])c1. The van der Waals surface area contributed by atoms with Gasteiger partial charge in [-0.3, -0.25) is 14.7 Å². The molecular weight excluding hydrogens is 956 g/mol. The van der Waals surface area contributed by atoms with Gasteiger partial charge in [0.05, 0.1) is 27.4 Å². The number of nitro groups is 1. The van der Waals surface area contributed by atoms with Crippen LogP contribution in [0.15, 0.2) is 125 Å². The number of anilines is 4. The van der Waals surface area contributed by atoms with E-state index in [1.54, 1.807) is 62.0 Å². The third-order valence-corrected chi connectivity index (χ3v) is 16.8. The van der Waals surface area contributed by atoms with E-state index >= 15 is 4.39 Å². The molecule has 1 unspecified atom stereocenters. The summed E-state index contributed by atoms with van der Waals surface area (Å²) in [6.07, 6.45) is 1.94. The van der Waals surface area contributed by atoms with Crippen molar-refractivity contribution in [2.75, 3.05) is 85.6 Å². The van der Waals surface area contributed by atoms with Gasteiger partial charge in [-0.25, -0.2) is 12.8 Å². The Balaban J connectivity index is 1.07. The smallest absolute Gasteiger partial charge is 0.324 e. The Morgan fingerprint density at radius 2 is 1.55 bits per heavy atom. The summed E-state index contributed by atoms with van der Waals surface area (Å²) < 4.78 is 65.2. The first kappa shape index (κ1) is 51.5. The fraction of sp³-hybridized carbons (Fsp3) is 0.333. The van der Waals surface area contributed by atoms with Gasteiger partial charge in [-0.1, -0.05) is 41.9 Å². The zero-order valence-corrected chi connectivity index (χ0v) is 43.3. The van der Waals surface area contributed by atoms with Gasteiger partial charge in [-0.2, -0.15) is 0 Å². The monoisotopic (exact) mass is 1020 g/mol. The minimum atomic E-state index is -3.84. The Bertz CT molecular complexity index is 2920. The Labute approximate surface area is 414 Å². The molecule has 7 rings (SSSR count). The van der Waals surface area contributed by atoms with Crippen molar-refractivity contribution in [1.82, 2.24) is 9.47 Å². The molecule has 0 bridgehead atoms. The minimum absolute atomic E-state index is 0.0837. The second-order valence-electron chi connectivity index (χ2n) is 17.7. The average Bonchev–Trinajstić information content (AvgIpc) is 3.64. The number of hydrogen-bond donors (Lipinski definition) is 2. The predicted octanol–water partition coefficient (Wildman–Crippen LogP) is 11.6. The molecule has 366 valence electrons. The van der Waals surface area contributed by atoms with E-state index in [4.69, 9.17) is 16.1 Å². The van der Waals surface area contributed by atoms with Gasteiger partial charge >= 0.3 is 7.52 Å². The zero-order valence-electron chi connectivity index (χ0n) is 40.0. The largest absolute Gasteiger partial charge is 0.376 e. The standard InChI is InChI=1S/C51H60ClFN7O6PS2/c1-8-66-67(63,45-22-23-47(48(33-45)60(61)62)54-42(24-25-56(5)6)34-68-46-12-10-9-11-13-46)55-41-18-20-43(21-19-41)57-26-28-58(29-27-57)44-31-38(30-40(53)32-44)49-50(37-14-16-39(52)17-15-37)59(35(2)3)36(4)51(49)69(7,64)65/h9-23,30-33,35,42,54H,8,24-29,34H2,1-7H3,(H,55,63)/t42-,67?/m1/s1. The number of piperazine rings is 1. The van der Waals surface area contributed by atoms with Gasteiger partial charge in [-0.05, 0) is 145 Å². The van der Waals surface area contributed by atoms with Gasteiger partial charge in [0.2, 0.25) is 0 Å².